The van der Waals surface area contributed by atoms with Crippen LogP contribution in [0.3, 0.4) is 0 Å². The van der Waals surface area contributed by atoms with E-state index in [-0.39, 0.29) is 342 Å². The second-order valence-corrected chi connectivity index (χ2v) is 14.7. The molecule has 0 saturated carbocycles. The summed E-state index contributed by atoms with van der Waals surface area (Å²) in [6, 6.07) is 0. The van der Waals surface area contributed by atoms with E-state index in [0.29, 0.717) is 0 Å². The minimum Gasteiger partial charge on any atom is -0.744 e. The van der Waals surface area contributed by atoms with E-state index in [1.165, 1.54) is 0 Å². The maximum atomic E-state index is 12.0. The first kappa shape index (κ1) is 56.5. The molecule has 2 aromatic rings. The third kappa shape index (κ3) is 13.0. The average Bonchev–Trinajstić information content (AvgIpc) is 2.64. The molecule has 0 atom stereocenters. The van der Waals surface area contributed by atoms with Crippen molar-refractivity contribution in [2.24, 2.45) is 0 Å². The van der Waals surface area contributed by atoms with Gasteiger partial charge < -0.3 is 18.2 Å². The van der Waals surface area contributed by atoms with Crippen LogP contribution in [0.5, 0.6) is 0 Å². The molecule has 12 nitrogen and oxygen atoms in total. The van der Waals surface area contributed by atoms with Crippen LogP contribution < -0.4 is 308 Å². The van der Waals surface area contributed by atoms with Crippen molar-refractivity contribution >= 4 is 110 Å². The summed E-state index contributed by atoms with van der Waals surface area (Å²) in [6.07, 6.45) is 0. The number of hydrogen-bond acceptors (Lipinski definition) is 14. The van der Waals surface area contributed by atoms with E-state index in [1.54, 1.807) is 0 Å². The van der Waals surface area contributed by atoms with Crippen molar-refractivity contribution in [2.75, 3.05) is 0 Å². The molecule has 1 heterocycles. The van der Waals surface area contributed by atoms with Gasteiger partial charge in [-0.2, -0.15) is 0 Å². The minimum absolute atomic E-state index is 0. The molecule has 0 unspecified atom stereocenters. The normalized spacial score (nSPS) is 12.4. The van der Waals surface area contributed by atoms with Crippen LogP contribution in [0.2, 0.25) is 20.1 Å². The zero-order chi connectivity index (χ0) is 26.3. The van der Waals surface area contributed by atoms with E-state index in [9.17, 15) is 51.9 Å². The first-order chi connectivity index (χ1) is 15.1. The first-order valence-corrected chi connectivity index (χ1v) is 16.2. The van der Waals surface area contributed by atoms with Crippen LogP contribution in [0.15, 0.2) is 39.2 Å². The van der Waals surface area contributed by atoms with Gasteiger partial charge in [-0.3, -0.25) is 0 Å². The molecule has 0 aromatic heterocycles. The Hall–Kier alpha value is 9.76. The maximum Gasteiger partial charge on any atom is 1.00 e. The topological polar surface area (TPSA) is 229 Å². The van der Waals surface area contributed by atoms with Crippen molar-refractivity contribution in [1.82, 2.24) is 0 Å². The third-order valence-electron chi connectivity index (χ3n) is 3.83. The number of fused-ring (bicyclic) bond motifs is 2. The van der Waals surface area contributed by atoms with Crippen molar-refractivity contribution in [3.05, 3.63) is 20.1 Å². The molecule has 2 aromatic carbocycles. The van der Waals surface area contributed by atoms with E-state index in [0.717, 1.165) is 0 Å². The SMILES string of the molecule is O=S(=O)([O-])c1c2c(c(S(=O)(=O)[O-])c(S(=O)(=O)[O-])c1S(=O)(=O)[O-])Sc1c(Cl)c(Cl)c(Cl)c(Cl)c1S2.[K+].[K+].[K+].[K+].[K+].[K+]. The number of benzene rings is 2. The fraction of sp³-hybridized carbons (Fsp3) is 0. The Kier molecular flexibility index (Phi) is 30.5. The minimum atomic E-state index is -6.40. The largest absolute Gasteiger partial charge is 1.00 e. The molecule has 28 heteroatoms. The molecule has 0 spiro atoms. The van der Waals surface area contributed by atoms with Gasteiger partial charge in [0.15, 0.2) is 0 Å². The van der Waals surface area contributed by atoms with Crippen LogP contribution in [-0.2, 0) is 40.5 Å². The number of halogens is 4. The number of hydrogen-bond donors (Lipinski definition) is 0. The molecular weight excluding hydrogens is 905 g/mol. The van der Waals surface area contributed by atoms with Crippen LogP contribution in [0.25, 0.3) is 0 Å². The Balaban J connectivity index is -0.00000108. The Labute approximate surface area is 513 Å². The van der Waals surface area contributed by atoms with Crippen molar-refractivity contribution in [1.29, 1.82) is 0 Å². The van der Waals surface area contributed by atoms with Gasteiger partial charge in [0, 0.05) is 19.6 Å². The van der Waals surface area contributed by atoms with Crippen molar-refractivity contribution in [3.63, 3.8) is 0 Å². The van der Waals surface area contributed by atoms with E-state index < -0.39 is 89.9 Å². The molecule has 0 amide bonds. The monoisotopic (exact) mass is 901 g/mol. The van der Waals surface area contributed by atoms with Gasteiger partial charge in [0.1, 0.15) is 40.5 Å². The van der Waals surface area contributed by atoms with Gasteiger partial charge >= 0.3 is 308 Å². The van der Waals surface area contributed by atoms with Gasteiger partial charge in [-0.15, -0.1) is 0 Å². The van der Waals surface area contributed by atoms with Gasteiger partial charge in [-0.05, 0) is 0 Å². The molecule has 1 aliphatic rings. The smallest absolute Gasteiger partial charge is 0.744 e. The second kappa shape index (κ2) is 21.6. The van der Waals surface area contributed by atoms with Gasteiger partial charge in [-0.1, -0.05) is 69.9 Å². The Bertz CT molecular complexity index is 1630. The van der Waals surface area contributed by atoms with Crippen LogP contribution in [0, 0.1) is 0 Å². The van der Waals surface area contributed by atoms with Crippen molar-refractivity contribution in [2.45, 2.75) is 39.2 Å². The summed E-state index contributed by atoms with van der Waals surface area (Å²) in [7, 11) is -25.1. The molecule has 0 N–H and O–H groups in total. The summed E-state index contributed by atoms with van der Waals surface area (Å²) in [5.74, 6) is 0. The molecule has 40 heavy (non-hydrogen) atoms. The van der Waals surface area contributed by atoms with Crippen molar-refractivity contribution in [3.8, 4) is 0 Å². The Morgan fingerprint density at radius 2 is 0.575 bits per heavy atom. The Morgan fingerprint density at radius 3 is 0.750 bits per heavy atom. The molecule has 0 fully saturated rings. The summed E-state index contributed by atoms with van der Waals surface area (Å²) in [6.45, 7) is 0. The quantitative estimate of drug-likeness (QED) is 0.103. The summed E-state index contributed by atoms with van der Waals surface area (Å²) < 4.78 is 143. The molecule has 188 valence electrons. The molecule has 0 aliphatic carbocycles. The maximum absolute atomic E-state index is 12.0. The van der Waals surface area contributed by atoms with Gasteiger partial charge in [0.25, 0.3) is 0 Å². The van der Waals surface area contributed by atoms with Crippen molar-refractivity contribution < 1.29 is 360 Å². The molecule has 1 aliphatic heterocycles. The molecule has 0 saturated heterocycles. The Morgan fingerprint density at radius 1 is 0.375 bits per heavy atom. The molecule has 3 rings (SSSR count). The van der Waals surface area contributed by atoms with Gasteiger partial charge in [0.05, 0.1) is 39.7 Å². The fourth-order valence-corrected chi connectivity index (χ4v) is 12.2. The van der Waals surface area contributed by atoms with E-state index in [4.69, 9.17) is 46.4 Å². The van der Waals surface area contributed by atoms with Crippen LogP contribution in [0.1, 0.15) is 0 Å². The zero-order valence-electron chi connectivity index (χ0n) is 20.9. The average molecular weight is 905 g/mol. The van der Waals surface area contributed by atoms with Crippen LogP contribution >= 0.6 is 69.9 Å². The molecule has 0 radical (unpaired) electrons. The predicted molar refractivity (Wildman–Crippen MR) is 113 cm³/mol. The zero-order valence-corrected chi connectivity index (χ0v) is 47.5. The van der Waals surface area contributed by atoms with Gasteiger partial charge in [0.2, 0.25) is 0 Å². The summed E-state index contributed by atoms with van der Waals surface area (Å²) in [4.78, 5) is -12.3. The first-order valence-electron chi connectivity index (χ1n) is 7.39. The van der Waals surface area contributed by atoms with E-state index >= 15 is 0 Å². The molecular formula is C12Cl4K6O12S6+2. The predicted octanol–water partition coefficient (Wildman–Crippen LogP) is -15.4. The summed E-state index contributed by atoms with van der Waals surface area (Å²) >= 11 is 23.9. The summed E-state index contributed by atoms with van der Waals surface area (Å²) in [5.41, 5.74) is 0. The standard InChI is InChI=1S/C12H4Cl4O12S6.6K/c13-1-2(14)4(16)6-5(3(1)15)29-7-8(30-6)10(32(20,21)22)12(34(26,27)28)11(33(23,24)25)9(7)31(17,18)19;;;;;;/h(H,17,18,19)(H,20,21,22)(H,23,24,25)(H,26,27,28);;;;;;/q;6*+1/p-4. The molecule has 0 bridgehead atoms. The fourth-order valence-electron chi connectivity index (χ4n) is 2.69. The van der Waals surface area contributed by atoms with Crippen LogP contribution in [-0.4, -0.2) is 51.9 Å². The van der Waals surface area contributed by atoms with E-state index in [2.05, 4.69) is 0 Å². The van der Waals surface area contributed by atoms with Crippen LogP contribution in [0.4, 0.5) is 0 Å². The van der Waals surface area contributed by atoms with Gasteiger partial charge in [-0.25, -0.2) is 33.7 Å². The summed E-state index contributed by atoms with van der Waals surface area (Å²) in [5, 5.41) is -1.74. The third-order valence-corrected chi connectivity index (χ3v) is 12.8. The second-order valence-electron chi connectivity index (χ2n) is 5.91. The van der Waals surface area contributed by atoms with E-state index in [1.807, 2.05) is 0 Å². The number of rotatable bonds is 4.